The van der Waals surface area contributed by atoms with Gasteiger partial charge in [0.15, 0.2) is 0 Å². The Kier molecular flexibility index (Phi) is 3.17. The quantitative estimate of drug-likeness (QED) is 0.893. The lowest BCUT2D eigenvalue weighted by molar-refractivity contribution is -0.0221. The normalized spacial score (nSPS) is 11.4. The molecule has 0 fully saturated rings. The van der Waals surface area contributed by atoms with E-state index in [9.17, 15) is 0 Å². The molecule has 0 amide bonds. The number of nitrogens with zero attached hydrogens (tertiary/aromatic N) is 3. The minimum Gasteiger partial charge on any atom is -0.368 e. The second kappa shape index (κ2) is 4.63. The van der Waals surface area contributed by atoms with Gasteiger partial charge in [-0.05, 0) is 26.8 Å². The molecule has 0 radical (unpaired) electrons. The number of aromatic nitrogens is 3. The maximum atomic E-state index is 8.73. The van der Waals surface area contributed by atoms with Gasteiger partial charge in [0, 0.05) is 12.8 Å². The molecule has 0 unspecified atom stereocenters. The van der Waals surface area contributed by atoms with E-state index < -0.39 is 5.60 Å². The van der Waals surface area contributed by atoms with Crippen LogP contribution in [0.15, 0.2) is 16.8 Å². The van der Waals surface area contributed by atoms with E-state index in [1.165, 1.54) is 0 Å². The van der Waals surface area contributed by atoms with Crippen LogP contribution in [0, 0.1) is 11.3 Å². The van der Waals surface area contributed by atoms with Crippen LogP contribution in [0.25, 0.3) is 11.5 Å². The summed E-state index contributed by atoms with van der Waals surface area (Å²) in [6.45, 7) is 6.24. The van der Waals surface area contributed by atoms with E-state index in [1.807, 2.05) is 26.8 Å². The van der Waals surface area contributed by atoms with Gasteiger partial charge >= 0.3 is 0 Å². The molecule has 2 aromatic heterocycles. The number of ether oxygens (including phenoxy) is 1. The van der Waals surface area contributed by atoms with Crippen molar-refractivity contribution in [3.8, 4) is 17.5 Å². The number of hydrogen-bond donors (Lipinski definition) is 1. The molecular weight excluding hydrogens is 232 g/mol. The van der Waals surface area contributed by atoms with Crippen molar-refractivity contribution in [2.24, 2.45) is 0 Å². The lowest BCUT2D eigenvalue weighted by atomic mass is 10.1. The Morgan fingerprint density at radius 1 is 1.56 bits per heavy atom. The number of rotatable bonds is 4. The van der Waals surface area contributed by atoms with Gasteiger partial charge in [-0.3, -0.25) is 0 Å². The van der Waals surface area contributed by atoms with E-state index in [0.29, 0.717) is 29.6 Å². The smallest absolute Gasteiger partial charge is 0.259 e. The van der Waals surface area contributed by atoms with E-state index in [2.05, 4.69) is 15.1 Å². The summed E-state index contributed by atoms with van der Waals surface area (Å²) >= 11 is 0. The molecule has 0 aliphatic rings. The molecule has 2 rings (SSSR count). The summed E-state index contributed by atoms with van der Waals surface area (Å²) in [7, 11) is 0. The summed E-state index contributed by atoms with van der Waals surface area (Å²) in [4.78, 5) is 7.09. The van der Waals surface area contributed by atoms with E-state index in [4.69, 9.17) is 14.5 Å². The summed E-state index contributed by atoms with van der Waals surface area (Å²) < 4.78 is 10.7. The maximum Gasteiger partial charge on any atom is 0.259 e. The van der Waals surface area contributed by atoms with Crippen molar-refractivity contribution in [3.05, 3.63) is 23.8 Å². The summed E-state index contributed by atoms with van der Waals surface area (Å²) in [5, 5.41) is 12.6. The molecule has 0 spiro atoms. The van der Waals surface area contributed by atoms with E-state index in [0.717, 1.165) is 0 Å². The number of aromatic amines is 1. The van der Waals surface area contributed by atoms with Gasteiger partial charge in [-0.15, -0.1) is 0 Å². The van der Waals surface area contributed by atoms with Crippen LogP contribution in [0.5, 0.6) is 0 Å². The number of nitriles is 1. The van der Waals surface area contributed by atoms with Crippen LogP contribution in [-0.2, 0) is 10.3 Å². The van der Waals surface area contributed by atoms with Gasteiger partial charge < -0.3 is 14.2 Å². The minimum atomic E-state index is -0.592. The predicted octanol–water partition coefficient (Wildman–Crippen LogP) is 2.21. The molecule has 1 N–H and O–H groups in total. The number of H-pyrrole nitrogens is 1. The SMILES string of the molecule is CCOC(C)(C)c1noc(-c2c[nH]c(C#N)c2)n1. The van der Waals surface area contributed by atoms with Crippen molar-refractivity contribution in [2.45, 2.75) is 26.4 Å². The Bertz CT molecular complexity index is 577. The Labute approximate surface area is 105 Å². The molecule has 6 nitrogen and oxygen atoms in total. The van der Waals surface area contributed by atoms with Gasteiger partial charge in [-0.25, -0.2) is 0 Å². The Hall–Kier alpha value is -2.13. The van der Waals surface area contributed by atoms with Gasteiger partial charge in [0.2, 0.25) is 5.82 Å². The van der Waals surface area contributed by atoms with Crippen LogP contribution in [0.4, 0.5) is 0 Å². The molecule has 0 aliphatic carbocycles. The first-order valence-corrected chi connectivity index (χ1v) is 5.64. The second-order valence-corrected chi connectivity index (χ2v) is 4.28. The zero-order chi connectivity index (χ0) is 13.2. The fourth-order valence-electron chi connectivity index (χ4n) is 1.59. The third kappa shape index (κ3) is 2.26. The summed E-state index contributed by atoms with van der Waals surface area (Å²) in [6, 6.07) is 3.66. The third-order valence-corrected chi connectivity index (χ3v) is 2.52. The second-order valence-electron chi connectivity index (χ2n) is 4.28. The van der Waals surface area contributed by atoms with Crippen LogP contribution >= 0.6 is 0 Å². The van der Waals surface area contributed by atoms with Crippen molar-refractivity contribution < 1.29 is 9.26 Å². The van der Waals surface area contributed by atoms with Crippen molar-refractivity contribution in [3.63, 3.8) is 0 Å². The average molecular weight is 246 g/mol. The summed E-state index contributed by atoms with van der Waals surface area (Å²) in [5.41, 5.74) is 0.552. The average Bonchev–Trinajstić information content (AvgIpc) is 2.98. The minimum absolute atomic E-state index is 0.371. The van der Waals surface area contributed by atoms with Gasteiger partial charge in [0.05, 0.1) is 5.56 Å². The first-order chi connectivity index (χ1) is 8.56. The van der Waals surface area contributed by atoms with Gasteiger partial charge in [0.1, 0.15) is 17.4 Å². The molecule has 94 valence electrons. The Balaban J connectivity index is 2.28. The van der Waals surface area contributed by atoms with E-state index in [1.54, 1.807) is 12.3 Å². The van der Waals surface area contributed by atoms with E-state index in [-0.39, 0.29) is 0 Å². The number of nitrogens with one attached hydrogen (secondary N) is 1. The Morgan fingerprint density at radius 2 is 2.33 bits per heavy atom. The summed E-state index contributed by atoms with van der Waals surface area (Å²) in [6.07, 6.45) is 1.66. The standard InChI is InChI=1S/C12H14N4O2/c1-4-17-12(2,3)11-15-10(18-16-11)8-5-9(6-13)14-7-8/h5,7,14H,4H2,1-3H3. The zero-order valence-electron chi connectivity index (χ0n) is 10.5. The highest BCUT2D eigenvalue weighted by Gasteiger charge is 2.27. The van der Waals surface area contributed by atoms with Gasteiger partial charge in [-0.2, -0.15) is 10.2 Å². The van der Waals surface area contributed by atoms with Gasteiger partial charge in [-0.1, -0.05) is 5.16 Å². The highest BCUT2D eigenvalue weighted by Crippen LogP contribution is 2.25. The molecular formula is C12H14N4O2. The van der Waals surface area contributed by atoms with Crippen molar-refractivity contribution in [2.75, 3.05) is 6.61 Å². The highest BCUT2D eigenvalue weighted by atomic mass is 16.5. The highest BCUT2D eigenvalue weighted by molar-refractivity contribution is 5.54. The molecule has 6 heteroatoms. The number of hydrogen-bond acceptors (Lipinski definition) is 5. The zero-order valence-corrected chi connectivity index (χ0v) is 10.5. The molecule has 2 heterocycles. The Morgan fingerprint density at radius 3 is 2.94 bits per heavy atom. The molecule has 0 aromatic carbocycles. The largest absolute Gasteiger partial charge is 0.368 e. The van der Waals surface area contributed by atoms with Crippen LogP contribution in [0.3, 0.4) is 0 Å². The molecule has 0 saturated heterocycles. The molecule has 2 aromatic rings. The van der Waals surface area contributed by atoms with E-state index >= 15 is 0 Å². The van der Waals surface area contributed by atoms with Crippen LogP contribution < -0.4 is 0 Å². The summed E-state index contributed by atoms with van der Waals surface area (Å²) in [5.74, 6) is 0.856. The first kappa shape index (κ1) is 12.3. The van der Waals surface area contributed by atoms with Crippen molar-refractivity contribution in [1.82, 2.24) is 15.1 Å². The van der Waals surface area contributed by atoms with Crippen molar-refractivity contribution in [1.29, 1.82) is 5.26 Å². The van der Waals surface area contributed by atoms with Crippen LogP contribution in [0.1, 0.15) is 32.3 Å². The lowest BCUT2D eigenvalue weighted by Crippen LogP contribution is -2.23. The maximum absolute atomic E-state index is 8.73. The topological polar surface area (TPSA) is 87.7 Å². The predicted molar refractivity (Wildman–Crippen MR) is 63.5 cm³/mol. The van der Waals surface area contributed by atoms with Crippen LogP contribution in [0.2, 0.25) is 0 Å². The first-order valence-electron chi connectivity index (χ1n) is 5.64. The fourth-order valence-corrected chi connectivity index (χ4v) is 1.59. The lowest BCUT2D eigenvalue weighted by Gasteiger charge is -2.19. The van der Waals surface area contributed by atoms with Crippen LogP contribution in [-0.4, -0.2) is 21.7 Å². The third-order valence-electron chi connectivity index (χ3n) is 2.52. The molecule has 18 heavy (non-hydrogen) atoms. The molecule has 0 saturated carbocycles. The molecule has 0 aliphatic heterocycles. The fraction of sp³-hybridized carbons (Fsp3) is 0.417. The molecule has 0 atom stereocenters. The van der Waals surface area contributed by atoms with Gasteiger partial charge in [0.25, 0.3) is 5.89 Å². The van der Waals surface area contributed by atoms with Crippen molar-refractivity contribution >= 4 is 0 Å². The monoisotopic (exact) mass is 246 g/mol. The molecule has 0 bridgehead atoms.